The molecule has 0 aliphatic heterocycles. The molecule has 2 rings (SSSR count). The van der Waals surface area contributed by atoms with E-state index in [1.807, 2.05) is 0 Å². The zero-order valence-electron chi connectivity index (χ0n) is 11.7. The van der Waals surface area contributed by atoms with Crippen molar-refractivity contribution in [1.82, 2.24) is 5.32 Å². The number of hydrogen-bond acceptors (Lipinski definition) is 2. The third-order valence-corrected chi connectivity index (χ3v) is 3.22. The standard InChI is InChI=1S/C14H13F6NO2/c15-13(16,17)9-3-10(14(18,19)20)5-11(4-9)23-7-12(22)21-6-8-1-2-8/h3-5,8H,1-2,6-7H2,(H,21,22). The summed E-state index contributed by atoms with van der Waals surface area (Å²) in [6.07, 6.45) is -7.92. The molecule has 1 amide bonds. The van der Waals surface area contributed by atoms with Crippen LogP contribution in [-0.4, -0.2) is 19.1 Å². The van der Waals surface area contributed by atoms with Crippen LogP contribution in [0.5, 0.6) is 5.75 Å². The predicted octanol–water partition coefficient (Wildman–Crippen LogP) is 3.63. The minimum Gasteiger partial charge on any atom is -0.484 e. The van der Waals surface area contributed by atoms with Gasteiger partial charge in [0.15, 0.2) is 6.61 Å². The average Bonchev–Trinajstić information content (AvgIpc) is 3.25. The molecule has 3 nitrogen and oxygen atoms in total. The highest BCUT2D eigenvalue weighted by molar-refractivity contribution is 5.77. The number of halogens is 6. The molecule has 128 valence electrons. The molecule has 0 radical (unpaired) electrons. The lowest BCUT2D eigenvalue weighted by Crippen LogP contribution is -2.30. The fourth-order valence-corrected chi connectivity index (χ4v) is 1.79. The third kappa shape index (κ3) is 5.33. The normalized spacial score (nSPS) is 15.4. The van der Waals surface area contributed by atoms with Crippen molar-refractivity contribution in [1.29, 1.82) is 0 Å². The molecule has 0 aromatic heterocycles. The Hall–Kier alpha value is -1.93. The topological polar surface area (TPSA) is 38.3 Å². The molecular weight excluding hydrogens is 328 g/mol. The van der Waals surface area contributed by atoms with E-state index >= 15 is 0 Å². The molecule has 0 atom stereocenters. The summed E-state index contributed by atoms with van der Waals surface area (Å²) in [6.45, 7) is -0.218. The Balaban J connectivity index is 2.08. The Bertz CT molecular complexity index is 545. The highest BCUT2D eigenvalue weighted by atomic mass is 19.4. The van der Waals surface area contributed by atoms with E-state index in [0.29, 0.717) is 24.6 Å². The molecule has 1 aliphatic rings. The second-order valence-electron chi connectivity index (χ2n) is 5.28. The van der Waals surface area contributed by atoms with E-state index in [0.717, 1.165) is 12.8 Å². The zero-order valence-corrected chi connectivity index (χ0v) is 11.7. The summed E-state index contributed by atoms with van der Waals surface area (Å²) in [6, 6.07) is 0.868. The van der Waals surface area contributed by atoms with Crippen LogP contribution in [0.1, 0.15) is 24.0 Å². The Morgan fingerprint density at radius 1 is 1.04 bits per heavy atom. The quantitative estimate of drug-likeness (QED) is 0.831. The second kappa shape index (κ2) is 6.29. The first-order valence-electron chi connectivity index (χ1n) is 6.74. The van der Waals surface area contributed by atoms with Gasteiger partial charge < -0.3 is 10.1 Å². The lowest BCUT2D eigenvalue weighted by molar-refractivity contribution is -0.143. The van der Waals surface area contributed by atoms with Crippen LogP contribution in [0.2, 0.25) is 0 Å². The first-order valence-corrected chi connectivity index (χ1v) is 6.74. The van der Waals surface area contributed by atoms with Crippen LogP contribution in [0.4, 0.5) is 26.3 Å². The molecule has 0 unspecified atom stereocenters. The predicted molar refractivity (Wildman–Crippen MR) is 67.7 cm³/mol. The number of nitrogens with one attached hydrogen (secondary N) is 1. The Morgan fingerprint density at radius 3 is 2.00 bits per heavy atom. The summed E-state index contributed by atoms with van der Waals surface area (Å²) >= 11 is 0. The largest absolute Gasteiger partial charge is 0.484 e. The number of carbonyl (C=O) groups excluding carboxylic acids is 1. The van der Waals surface area contributed by atoms with Gasteiger partial charge in [-0.3, -0.25) is 4.79 Å². The fourth-order valence-electron chi connectivity index (χ4n) is 1.79. The van der Waals surface area contributed by atoms with Crippen molar-refractivity contribution < 1.29 is 35.9 Å². The lowest BCUT2D eigenvalue weighted by atomic mass is 10.1. The highest BCUT2D eigenvalue weighted by Gasteiger charge is 2.37. The number of benzene rings is 1. The molecule has 0 heterocycles. The first kappa shape index (κ1) is 17.4. The van der Waals surface area contributed by atoms with Crippen LogP contribution in [0.15, 0.2) is 18.2 Å². The van der Waals surface area contributed by atoms with E-state index in [-0.39, 0.29) is 6.07 Å². The van der Waals surface area contributed by atoms with Gasteiger partial charge in [-0.25, -0.2) is 0 Å². The monoisotopic (exact) mass is 341 g/mol. The first-order chi connectivity index (χ1) is 10.6. The molecule has 1 aliphatic carbocycles. The van der Waals surface area contributed by atoms with Crippen molar-refractivity contribution in [3.63, 3.8) is 0 Å². The van der Waals surface area contributed by atoms with Gasteiger partial charge in [0.2, 0.25) is 0 Å². The Kier molecular flexibility index (Phi) is 4.76. The summed E-state index contributed by atoms with van der Waals surface area (Å²) < 4.78 is 80.7. The van der Waals surface area contributed by atoms with Gasteiger partial charge >= 0.3 is 12.4 Å². The van der Waals surface area contributed by atoms with E-state index in [9.17, 15) is 31.1 Å². The van der Waals surface area contributed by atoms with Gasteiger partial charge in [0.25, 0.3) is 5.91 Å². The van der Waals surface area contributed by atoms with E-state index < -0.39 is 41.7 Å². The van der Waals surface area contributed by atoms with Crippen molar-refractivity contribution >= 4 is 5.91 Å². The van der Waals surface area contributed by atoms with E-state index in [2.05, 4.69) is 5.32 Å². The van der Waals surface area contributed by atoms with Crippen molar-refractivity contribution in [3.8, 4) is 5.75 Å². The zero-order chi connectivity index (χ0) is 17.3. The van der Waals surface area contributed by atoms with Crippen LogP contribution in [0.25, 0.3) is 0 Å². The number of hydrogen-bond donors (Lipinski definition) is 1. The number of amides is 1. The lowest BCUT2D eigenvalue weighted by Gasteiger charge is -2.14. The van der Waals surface area contributed by atoms with Crippen LogP contribution < -0.4 is 10.1 Å². The molecule has 1 N–H and O–H groups in total. The van der Waals surface area contributed by atoms with E-state index in [1.54, 1.807) is 0 Å². The van der Waals surface area contributed by atoms with Gasteiger partial charge in [-0.05, 0) is 37.0 Å². The fraction of sp³-hybridized carbons (Fsp3) is 0.500. The van der Waals surface area contributed by atoms with Crippen LogP contribution in [0.3, 0.4) is 0 Å². The second-order valence-corrected chi connectivity index (χ2v) is 5.28. The number of ether oxygens (including phenoxy) is 1. The summed E-state index contributed by atoms with van der Waals surface area (Å²) in [7, 11) is 0. The molecule has 0 spiro atoms. The maximum Gasteiger partial charge on any atom is 0.416 e. The van der Waals surface area contributed by atoms with Crippen LogP contribution in [-0.2, 0) is 17.1 Å². The molecule has 1 aromatic carbocycles. The summed E-state index contributed by atoms with van der Waals surface area (Å²) in [5.74, 6) is -0.860. The summed E-state index contributed by atoms with van der Waals surface area (Å²) in [5, 5.41) is 2.50. The van der Waals surface area contributed by atoms with Gasteiger partial charge in [-0.1, -0.05) is 0 Å². The molecule has 9 heteroatoms. The number of rotatable bonds is 5. The van der Waals surface area contributed by atoms with E-state index in [4.69, 9.17) is 4.74 Å². The van der Waals surface area contributed by atoms with Gasteiger partial charge in [-0.2, -0.15) is 26.3 Å². The molecule has 1 aromatic rings. The van der Waals surface area contributed by atoms with E-state index in [1.165, 1.54) is 0 Å². The SMILES string of the molecule is O=C(COc1cc(C(F)(F)F)cc(C(F)(F)F)c1)NCC1CC1. The van der Waals surface area contributed by atoms with Gasteiger partial charge in [0, 0.05) is 6.54 Å². The maximum atomic E-state index is 12.6. The molecule has 0 bridgehead atoms. The Labute approximate surface area is 127 Å². The highest BCUT2D eigenvalue weighted by Crippen LogP contribution is 2.38. The van der Waals surface area contributed by atoms with Gasteiger partial charge in [0.05, 0.1) is 11.1 Å². The number of carbonyl (C=O) groups is 1. The summed E-state index contributed by atoms with van der Waals surface area (Å²) in [4.78, 5) is 11.4. The van der Waals surface area contributed by atoms with Crippen molar-refractivity contribution in [2.24, 2.45) is 5.92 Å². The molecular formula is C14H13F6NO2. The number of alkyl halides is 6. The average molecular weight is 341 g/mol. The third-order valence-electron chi connectivity index (χ3n) is 3.22. The molecule has 0 saturated heterocycles. The van der Waals surface area contributed by atoms with Gasteiger partial charge in [0.1, 0.15) is 5.75 Å². The molecule has 1 saturated carbocycles. The van der Waals surface area contributed by atoms with Crippen LogP contribution in [0, 0.1) is 5.92 Å². The van der Waals surface area contributed by atoms with Crippen LogP contribution >= 0.6 is 0 Å². The minimum absolute atomic E-state index is 0.0000247. The maximum absolute atomic E-state index is 12.6. The van der Waals surface area contributed by atoms with Crippen molar-refractivity contribution in [2.75, 3.05) is 13.2 Å². The molecule has 23 heavy (non-hydrogen) atoms. The van der Waals surface area contributed by atoms with Gasteiger partial charge in [-0.15, -0.1) is 0 Å². The van der Waals surface area contributed by atoms with Crippen molar-refractivity contribution in [2.45, 2.75) is 25.2 Å². The minimum atomic E-state index is -4.95. The van der Waals surface area contributed by atoms with Crippen molar-refractivity contribution in [3.05, 3.63) is 29.3 Å². The smallest absolute Gasteiger partial charge is 0.416 e. The summed E-state index contributed by atoms with van der Waals surface area (Å²) in [5.41, 5.74) is -2.97. The molecule has 1 fully saturated rings. The Morgan fingerprint density at radius 2 is 1.57 bits per heavy atom.